The fourth-order valence-corrected chi connectivity index (χ4v) is 2.12. The Balaban J connectivity index is 3.05. The molecule has 0 bridgehead atoms. The van der Waals surface area contributed by atoms with Crippen molar-refractivity contribution in [2.45, 2.75) is 50.2 Å². The van der Waals surface area contributed by atoms with Crippen molar-refractivity contribution in [3.05, 3.63) is 0 Å². The SMILES string of the molecule is SCCCCCC(S)CCCCS. The fourth-order valence-electron chi connectivity index (χ4n) is 1.30. The Bertz CT molecular complexity index is 96.2. The van der Waals surface area contributed by atoms with Crippen LogP contribution in [0.15, 0.2) is 0 Å². The van der Waals surface area contributed by atoms with Crippen molar-refractivity contribution in [3.63, 3.8) is 0 Å². The molecule has 0 aliphatic rings. The minimum absolute atomic E-state index is 0.611. The van der Waals surface area contributed by atoms with Gasteiger partial charge in [0.25, 0.3) is 0 Å². The topological polar surface area (TPSA) is 0 Å². The second kappa shape index (κ2) is 11.1. The van der Waals surface area contributed by atoms with Gasteiger partial charge in [-0.1, -0.05) is 19.3 Å². The van der Waals surface area contributed by atoms with Gasteiger partial charge in [-0.2, -0.15) is 37.9 Å². The number of rotatable bonds is 9. The van der Waals surface area contributed by atoms with Crippen LogP contribution in [-0.4, -0.2) is 16.8 Å². The number of hydrogen-bond donors (Lipinski definition) is 3. The van der Waals surface area contributed by atoms with Crippen LogP contribution in [0.2, 0.25) is 0 Å². The summed E-state index contributed by atoms with van der Waals surface area (Å²) in [6, 6.07) is 0. The third kappa shape index (κ3) is 11.0. The predicted octanol–water partition coefficient (Wildman–Crippen LogP) is 3.88. The third-order valence-electron chi connectivity index (χ3n) is 2.14. The Hall–Kier alpha value is 1.05. The monoisotopic (exact) mass is 238 g/mol. The zero-order chi connectivity index (χ0) is 9.94. The number of hydrogen-bond acceptors (Lipinski definition) is 3. The molecule has 3 heteroatoms. The van der Waals surface area contributed by atoms with Gasteiger partial charge < -0.3 is 0 Å². The minimum Gasteiger partial charge on any atom is -0.179 e. The van der Waals surface area contributed by atoms with Crippen molar-refractivity contribution in [1.82, 2.24) is 0 Å². The summed E-state index contributed by atoms with van der Waals surface area (Å²) in [7, 11) is 0. The molecular formula is C10H22S3. The van der Waals surface area contributed by atoms with Crippen LogP contribution in [0.4, 0.5) is 0 Å². The van der Waals surface area contributed by atoms with Crippen molar-refractivity contribution in [3.8, 4) is 0 Å². The van der Waals surface area contributed by atoms with E-state index >= 15 is 0 Å². The van der Waals surface area contributed by atoms with E-state index in [0.29, 0.717) is 5.25 Å². The Morgan fingerprint density at radius 1 is 0.692 bits per heavy atom. The van der Waals surface area contributed by atoms with E-state index in [1.54, 1.807) is 0 Å². The summed E-state index contributed by atoms with van der Waals surface area (Å²) < 4.78 is 0. The molecule has 0 fully saturated rings. The van der Waals surface area contributed by atoms with E-state index < -0.39 is 0 Å². The molecule has 0 amide bonds. The van der Waals surface area contributed by atoms with Gasteiger partial charge in [0.15, 0.2) is 0 Å². The first kappa shape index (κ1) is 14.1. The first-order chi connectivity index (χ1) is 6.31. The van der Waals surface area contributed by atoms with E-state index in [1.807, 2.05) is 0 Å². The van der Waals surface area contributed by atoms with E-state index in [-0.39, 0.29) is 0 Å². The van der Waals surface area contributed by atoms with Gasteiger partial charge in [0.1, 0.15) is 0 Å². The van der Waals surface area contributed by atoms with Gasteiger partial charge in [-0.25, -0.2) is 0 Å². The van der Waals surface area contributed by atoms with Crippen molar-refractivity contribution >= 4 is 37.9 Å². The molecule has 0 radical (unpaired) electrons. The molecule has 0 aliphatic carbocycles. The summed E-state index contributed by atoms with van der Waals surface area (Å²) in [5.74, 6) is 2.04. The largest absolute Gasteiger partial charge is 0.179 e. The molecule has 0 aliphatic heterocycles. The van der Waals surface area contributed by atoms with Crippen LogP contribution in [0.5, 0.6) is 0 Å². The van der Waals surface area contributed by atoms with Crippen molar-refractivity contribution in [2.24, 2.45) is 0 Å². The lowest BCUT2D eigenvalue weighted by atomic mass is 10.1. The van der Waals surface area contributed by atoms with E-state index in [2.05, 4.69) is 37.9 Å². The second-order valence-corrected chi connectivity index (χ2v) is 5.07. The van der Waals surface area contributed by atoms with Gasteiger partial charge in [0.05, 0.1) is 0 Å². The van der Waals surface area contributed by atoms with Crippen molar-refractivity contribution in [1.29, 1.82) is 0 Å². The maximum absolute atomic E-state index is 4.56. The highest BCUT2D eigenvalue weighted by molar-refractivity contribution is 7.81. The zero-order valence-corrected chi connectivity index (χ0v) is 11.0. The van der Waals surface area contributed by atoms with Gasteiger partial charge in [-0.3, -0.25) is 0 Å². The third-order valence-corrected chi connectivity index (χ3v) is 3.29. The van der Waals surface area contributed by atoms with Crippen LogP contribution in [0.25, 0.3) is 0 Å². The normalized spacial score (nSPS) is 13.2. The van der Waals surface area contributed by atoms with E-state index in [9.17, 15) is 0 Å². The van der Waals surface area contributed by atoms with E-state index in [0.717, 1.165) is 11.5 Å². The smallest absolute Gasteiger partial charge is 0.00168 e. The first-order valence-corrected chi connectivity index (χ1v) is 6.99. The van der Waals surface area contributed by atoms with Gasteiger partial charge >= 0.3 is 0 Å². The van der Waals surface area contributed by atoms with Gasteiger partial charge in [0.2, 0.25) is 0 Å². The summed E-state index contributed by atoms with van der Waals surface area (Å²) >= 11 is 12.9. The maximum Gasteiger partial charge on any atom is 0.00168 e. The molecule has 0 rings (SSSR count). The summed E-state index contributed by atoms with van der Waals surface area (Å²) in [6.45, 7) is 0. The maximum atomic E-state index is 4.56. The molecule has 13 heavy (non-hydrogen) atoms. The van der Waals surface area contributed by atoms with E-state index in [1.165, 1.54) is 44.9 Å². The van der Waals surface area contributed by atoms with Gasteiger partial charge in [-0.05, 0) is 37.2 Å². The Labute approximate surface area is 99.5 Å². The number of unbranched alkanes of at least 4 members (excludes halogenated alkanes) is 3. The minimum atomic E-state index is 0.611. The summed E-state index contributed by atoms with van der Waals surface area (Å²) in [5.41, 5.74) is 0. The Morgan fingerprint density at radius 3 is 1.69 bits per heavy atom. The molecular weight excluding hydrogens is 216 g/mol. The quantitative estimate of drug-likeness (QED) is 0.394. The molecule has 0 saturated carbocycles. The molecule has 0 N–H and O–H groups in total. The van der Waals surface area contributed by atoms with Crippen molar-refractivity contribution < 1.29 is 0 Å². The lowest BCUT2D eigenvalue weighted by Gasteiger charge is -2.09. The molecule has 0 aromatic rings. The highest BCUT2D eigenvalue weighted by Crippen LogP contribution is 2.15. The standard InChI is InChI=1S/C10H22S3/c11-8-4-1-2-6-10(13)7-3-5-9-12/h10-13H,1-9H2. The molecule has 0 aromatic carbocycles. The van der Waals surface area contributed by atoms with Crippen LogP contribution >= 0.6 is 37.9 Å². The molecule has 0 nitrogen and oxygen atoms in total. The Morgan fingerprint density at radius 2 is 1.15 bits per heavy atom. The second-order valence-electron chi connectivity index (χ2n) is 3.45. The first-order valence-electron chi connectivity index (χ1n) is 5.21. The van der Waals surface area contributed by atoms with Gasteiger partial charge in [0, 0.05) is 5.25 Å². The lowest BCUT2D eigenvalue weighted by molar-refractivity contribution is 0.603. The fraction of sp³-hybridized carbons (Fsp3) is 1.00. The highest BCUT2D eigenvalue weighted by atomic mass is 32.1. The Kier molecular flexibility index (Phi) is 12.0. The average molecular weight is 238 g/mol. The highest BCUT2D eigenvalue weighted by Gasteiger charge is 2.01. The molecule has 0 saturated heterocycles. The zero-order valence-electron chi connectivity index (χ0n) is 8.28. The molecule has 80 valence electrons. The van der Waals surface area contributed by atoms with Crippen LogP contribution in [-0.2, 0) is 0 Å². The van der Waals surface area contributed by atoms with Crippen LogP contribution in [0.1, 0.15) is 44.9 Å². The molecule has 0 spiro atoms. The molecule has 0 aromatic heterocycles. The molecule has 1 unspecified atom stereocenters. The van der Waals surface area contributed by atoms with Gasteiger partial charge in [-0.15, -0.1) is 0 Å². The summed E-state index contributed by atoms with van der Waals surface area (Å²) in [4.78, 5) is 0. The molecule has 0 heterocycles. The van der Waals surface area contributed by atoms with Crippen LogP contribution in [0, 0.1) is 0 Å². The average Bonchev–Trinajstić information content (AvgIpc) is 2.13. The van der Waals surface area contributed by atoms with Crippen molar-refractivity contribution in [2.75, 3.05) is 11.5 Å². The van der Waals surface area contributed by atoms with Crippen LogP contribution in [0.3, 0.4) is 0 Å². The summed E-state index contributed by atoms with van der Waals surface area (Å²) in [6.07, 6.45) is 8.91. The summed E-state index contributed by atoms with van der Waals surface area (Å²) in [5, 5.41) is 0.611. The van der Waals surface area contributed by atoms with E-state index in [4.69, 9.17) is 0 Å². The molecule has 1 atom stereocenters. The lowest BCUT2D eigenvalue weighted by Crippen LogP contribution is -1.98. The van der Waals surface area contributed by atoms with Crippen LogP contribution < -0.4 is 0 Å². The number of thiol groups is 3. The predicted molar refractivity (Wildman–Crippen MR) is 72.8 cm³/mol.